The number of hydrogen-bond acceptors (Lipinski definition) is 3. The first-order valence-corrected chi connectivity index (χ1v) is 6.30. The van der Waals surface area contributed by atoms with E-state index in [4.69, 9.17) is 9.31 Å². The molecule has 0 radical (unpaired) electrons. The Morgan fingerprint density at radius 3 is 2.35 bits per heavy atom. The fraction of sp³-hybridized carbons (Fsp3) is 0.750. The molecular formula is C12H19BN2O2. The molecule has 1 aromatic heterocycles. The van der Waals surface area contributed by atoms with Gasteiger partial charge in [0.25, 0.3) is 0 Å². The molecule has 2 aliphatic rings. The van der Waals surface area contributed by atoms with Crippen molar-refractivity contribution in [3.8, 4) is 0 Å². The van der Waals surface area contributed by atoms with Gasteiger partial charge in [0.1, 0.15) is 0 Å². The lowest BCUT2D eigenvalue weighted by Gasteiger charge is -2.32. The Kier molecular flexibility index (Phi) is 2.23. The van der Waals surface area contributed by atoms with Crippen LogP contribution in [0.5, 0.6) is 0 Å². The van der Waals surface area contributed by atoms with Gasteiger partial charge < -0.3 is 9.31 Å². The van der Waals surface area contributed by atoms with E-state index < -0.39 is 0 Å². The van der Waals surface area contributed by atoms with E-state index in [1.165, 1.54) is 12.8 Å². The largest absolute Gasteiger partial charge is 0.514 e. The van der Waals surface area contributed by atoms with Crippen LogP contribution < -0.4 is 5.59 Å². The Morgan fingerprint density at radius 2 is 1.82 bits per heavy atom. The lowest BCUT2D eigenvalue weighted by molar-refractivity contribution is 0.00578. The van der Waals surface area contributed by atoms with Crippen molar-refractivity contribution in [2.45, 2.75) is 57.8 Å². The first-order chi connectivity index (χ1) is 7.91. The lowest BCUT2D eigenvalue weighted by Crippen LogP contribution is -2.41. The molecule has 0 spiro atoms. The highest BCUT2D eigenvalue weighted by atomic mass is 16.7. The monoisotopic (exact) mass is 234 g/mol. The summed E-state index contributed by atoms with van der Waals surface area (Å²) in [6, 6.07) is 2.56. The average molecular weight is 234 g/mol. The molecule has 1 saturated heterocycles. The van der Waals surface area contributed by atoms with Crippen molar-refractivity contribution in [1.29, 1.82) is 0 Å². The van der Waals surface area contributed by atoms with Crippen LogP contribution in [0, 0.1) is 0 Å². The second kappa shape index (κ2) is 3.36. The standard InChI is InChI=1S/C12H19BN2O2/c1-11(2)12(3,4)17-13(16-11)10-7-8-14-15(10)9-5-6-9/h7-9H,5-6H2,1-4H3. The summed E-state index contributed by atoms with van der Waals surface area (Å²) in [7, 11) is -0.289. The number of rotatable bonds is 2. The van der Waals surface area contributed by atoms with Crippen LogP contribution in [0.1, 0.15) is 46.6 Å². The first-order valence-electron chi connectivity index (χ1n) is 6.30. The van der Waals surface area contributed by atoms with Crippen molar-refractivity contribution in [3.63, 3.8) is 0 Å². The topological polar surface area (TPSA) is 36.3 Å². The number of nitrogens with zero attached hydrogens (tertiary/aromatic N) is 2. The van der Waals surface area contributed by atoms with Crippen LogP contribution in [0.2, 0.25) is 0 Å². The van der Waals surface area contributed by atoms with Gasteiger partial charge in [-0.2, -0.15) is 5.10 Å². The molecule has 5 heteroatoms. The Morgan fingerprint density at radius 1 is 1.24 bits per heavy atom. The molecule has 4 nitrogen and oxygen atoms in total. The molecule has 2 fully saturated rings. The zero-order valence-electron chi connectivity index (χ0n) is 10.9. The van der Waals surface area contributed by atoms with Gasteiger partial charge in [-0.25, -0.2) is 0 Å². The molecule has 0 bridgehead atoms. The summed E-state index contributed by atoms with van der Waals surface area (Å²) in [5.41, 5.74) is 0.484. The second-order valence-electron chi connectivity index (χ2n) is 6.02. The number of aromatic nitrogens is 2. The molecule has 1 aliphatic carbocycles. The van der Waals surface area contributed by atoms with E-state index in [9.17, 15) is 0 Å². The highest BCUT2D eigenvalue weighted by Gasteiger charge is 2.53. The summed E-state index contributed by atoms with van der Waals surface area (Å²) in [4.78, 5) is 0. The van der Waals surface area contributed by atoms with Crippen molar-refractivity contribution >= 4 is 12.7 Å². The fourth-order valence-corrected chi connectivity index (χ4v) is 2.10. The minimum Gasteiger partial charge on any atom is -0.398 e. The maximum absolute atomic E-state index is 6.04. The zero-order chi connectivity index (χ0) is 12.3. The molecule has 0 aromatic carbocycles. The Balaban J connectivity index is 1.89. The lowest BCUT2D eigenvalue weighted by atomic mass is 9.84. The van der Waals surface area contributed by atoms with E-state index in [1.54, 1.807) is 0 Å². The highest BCUT2D eigenvalue weighted by molar-refractivity contribution is 6.61. The van der Waals surface area contributed by atoms with Gasteiger partial charge >= 0.3 is 7.12 Å². The summed E-state index contributed by atoms with van der Waals surface area (Å²) in [6.07, 6.45) is 4.26. The molecule has 1 aromatic rings. The van der Waals surface area contributed by atoms with Crippen LogP contribution in [-0.2, 0) is 9.31 Å². The van der Waals surface area contributed by atoms with Crippen LogP contribution in [-0.4, -0.2) is 28.1 Å². The summed E-state index contributed by atoms with van der Waals surface area (Å²) in [6.45, 7) is 8.30. The van der Waals surface area contributed by atoms with Crippen molar-refractivity contribution < 1.29 is 9.31 Å². The predicted molar refractivity (Wildman–Crippen MR) is 66.2 cm³/mol. The minimum atomic E-state index is -0.289. The third kappa shape index (κ3) is 1.72. The van der Waals surface area contributed by atoms with Crippen molar-refractivity contribution in [2.75, 3.05) is 0 Å². The van der Waals surface area contributed by atoms with Gasteiger partial charge in [-0.1, -0.05) is 0 Å². The van der Waals surface area contributed by atoms with Gasteiger partial charge in [-0.15, -0.1) is 0 Å². The smallest absolute Gasteiger partial charge is 0.398 e. The van der Waals surface area contributed by atoms with E-state index in [1.807, 2.05) is 12.3 Å². The van der Waals surface area contributed by atoms with E-state index in [0.717, 1.165) is 5.59 Å². The van der Waals surface area contributed by atoms with E-state index in [0.29, 0.717) is 6.04 Å². The molecule has 1 saturated carbocycles. The Hall–Kier alpha value is -0.805. The highest BCUT2D eigenvalue weighted by Crippen LogP contribution is 2.38. The minimum absolute atomic E-state index is 0.281. The van der Waals surface area contributed by atoms with Gasteiger partial charge in [0.2, 0.25) is 0 Å². The van der Waals surface area contributed by atoms with Gasteiger partial charge in [0, 0.05) is 6.20 Å². The van der Waals surface area contributed by atoms with Gasteiger partial charge in [-0.05, 0) is 46.6 Å². The van der Waals surface area contributed by atoms with E-state index in [-0.39, 0.29) is 18.3 Å². The maximum Gasteiger partial charge on any atom is 0.514 e. The molecule has 0 unspecified atom stereocenters. The Labute approximate surface area is 102 Å². The molecule has 0 N–H and O–H groups in total. The molecule has 3 rings (SSSR count). The fourth-order valence-electron chi connectivity index (χ4n) is 2.10. The Bertz CT molecular complexity index is 421. The molecule has 1 aliphatic heterocycles. The summed E-state index contributed by atoms with van der Waals surface area (Å²) in [5.74, 6) is 0. The third-order valence-electron chi connectivity index (χ3n) is 4.09. The van der Waals surface area contributed by atoms with Crippen molar-refractivity contribution in [2.24, 2.45) is 0 Å². The predicted octanol–water partition coefficient (Wildman–Crippen LogP) is 1.52. The summed E-state index contributed by atoms with van der Waals surface area (Å²) >= 11 is 0. The molecule has 0 atom stereocenters. The third-order valence-corrected chi connectivity index (χ3v) is 4.09. The second-order valence-corrected chi connectivity index (χ2v) is 6.02. The summed E-state index contributed by atoms with van der Waals surface area (Å²) in [5, 5.41) is 4.37. The quantitative estimate of drug-likeness (QED) is 0.728. The van der Waals surface area contributed by atoms with Crippen LogP contribution >= 0.6 is 0 Å². The van der Waals surface area contributed by atoms with Crippen molar-refractivity contribution in [3.05, 3.63) is 12.3 Å². The molecule has 2 heterocycles. The molecule has 17 heavy (non-hydrogen) atoms. The van der Waals surface area contributed by atoms with E-state index in [2.05, 4.69) is 37.5 Å². The van der Waals surface area contributed by atoms with Gasteiger partial charge in [-0.3, -0.25) is 4.68 Å². The first kappa shape index (κ1) is 11.3. The maximum atomic E-state index is 6.04. The van der Waals surface area contributed by atoms with Crippen LogP contribution in [0.3, 0.4) is 0 Å². The van der Waals surface area contributed by atoms with Crippen LogP contribution in [0.4, 0.5) is 0 Å². The van der Waals surface area contributed by atoms with Gasteiger partial charge in [0.05, 0.1) is 22.8 Å². The van der Waals surface area contributed by atoms with Crippen molar-refractivity contribution in [1.82, 2.24) is 9.78 Å². The summed E-state index contributed by atoms with van der Waals surface area (Å²) < 4.78 is 14.1. The van der Waals surface area contributed by atoms with Crippen LogP contribution in [0.15, 0.2) is 12.3 Å². The van der Waals surface area contributed by atoms with Gasteiger partial charge in [0.15, 0.2) is 0 Å². The zero-order valence-corrected chi connectivity index (χ0v) is 10.9. The molecule has 92 valence electrons. The van der Waals surface area contributed by atoms with Crippen LogP contribution in [0.25, 0.3) is 0 Å². The SMILES string of the molecule is CC1(C)OB(c2ccnn2C2CC2)OC1(C)C. The normalized spacial score (nSPS) is 26.5. The average Bonchev–Trinajstić information content (AvgIpc) is 2.88. The molecule has 0 amide bonds. The number of hydrogen-bond donors (Lipinski definition) is 0. The molecular weight excluding hydrogens is 215 g/mol. The van der Waals surface area contributed by atoms with E-state index >= 15 is 0 Å².